The lowest BCUT2D eigenvalue weighted by atomic mass is 10.0. The Bertz CT molecular complexity index is 542. The zero-order valence-electron chi connectivity index (χ0n) is 10.3. The fraction of sp³-hybridized carbons (Fsp3) is 0.133. The van der Waals surface area contributed by atoms with Crippen LogP contribution in [0.25, 0.3) is 0 Å². The van der Waals surface area contributed by atoms with Crippen LogP contribution in [0.2, 0.25) is 0 Å². The number of halogens is 1. The summed E-state index contributed by atoms with van der Waals surface area (Å²) in [6.07, 6.45) is 0. The Kier molecular flexibility index (Phi) is 4.58. The van der Waals surface area contributed by atoms with Crippen LogP contribution in [0.5, 0.6) is 0 Å². The van der Waals surface area contributed by atoms with E-state index in [0.717, 1.165) is 11.1 Å². The van der Waals surface area contributed by atoms with Gasteiger partial charge in [0.1, 0.15) is 5.82 Å². The first-order valence-corrected chi connectivity index (χ1v) is 6.92. The monoisotopic (exact) mass is 275 g/mol. The van der Waals surface area contributed by atoms with Gasteiger partial charge < -0.3 is 5.73 Å². The van der Waals surface area contributed by atoms with Crippen molar-refractivity contribution in [2.75, 3.05) is 5.75 Å². The molecule has 4 heteroatoms. The number of carbonyl (C=O) groups excluding carboxylic acids is 1. The molecule has 2 N–H and O–H groups in total. The van der Waals surface area contributed by atoms with Crippen molar-refractivity contribution in [1.29, 1.82) is 0 Å². The summed E-state index contributed by atoms with van der Waals surface area (Å²) in [5.74, 6) is -0.389. The number of primary amides is 1. The van der Waals surface area contributed by atoms with E-state index in [4.69, 9.17) is 5.73 Å². The van der Waals surface area contributed by atoms with E-state index in [2.05, 4.69) is 0 Å². The second-order valence-electron chi connectivity index (χ2n) is 4.12. The van der Waals surface area contributed by atoms with Gasteiger partial charge in [-0.25, -0.2) is 4.39 Å². The molecule has 98 valence electrons. The first kappa shape index (κ1) is 13.6. The topological polar surface area (TPSA) is 43.1 Å². The fourth-order valence-corrected chi connectivity index (χ4v) is 2.85. The molecule has 0 radical (unpaired) electrons. The second-order valence-corrected chi connectivity index (χ2v) is 5.21. The van der Waals surface area contributed by atoms with Gasteiger partial charge in [0.25, 0.3) is 0 Å². The molecule has 0 aliphatic carbocycles. The van der Waals surface area contributed by atoms with Gasteiger partial charge in [-0.2, -0.15) is 0 Å². The van der Waals surface area contributed by atoms with E-state index in [1.165, 1.54) is 23.9 Å². The highest BCUT2D eigenvalue weighted by atomic mass is 32.2. The van der Waals surface area contributed by atoms with Crippen molar-refractivity contribution >= 4 is 17.7 Å². The highest BCUT2D eigenvalue weighted by Crippen LogP contribution is 2.35. The number of nitrogens with two attached hydrogens (primary N) is 1. The summed E-state index contributed by atoms with van der Waals surface area (Å²) in [6.45, 7) is 0. The first-order valence-electron chi connectivity index (χ1n) is 5.87. The standard InChI is InChI=1S/C15H14FNOS/c16-13-8-6-12(7-9-13)15(19-10-14(17)18)11-4-2-1-3-5-11/h1-9,15H,10H2,(H2,17,18)/t15-/m0/s1. The van der Waals surface area contributed by atoms with Gasteiger partial charge in [-0.15, -0.1) is 11.8 Å². The molecule has 2 rings (SSSR count). The predicted molar refractivity (Wildman–Crippen MR) is 76.3 cm³/mol. The summed E-state index contributed by atoms with van der Waals surface area (Å²) in [5.41, 5.74) is 7.23. The summed E-state index contributed by atoms with van der Waals surface area (Å²) in [4.78, 5) is 11.0. The molecule has 0 aromatic heterocycles. The van der Waals surface area contributed by atoms with E-state index < -0.39 is 0 Å². The molecule has 0 saturated heterocycles. The molecule has 0 aliphatic rings. The van der Waals surface area contributed by atoms with Gasteiger partial charge in [-0.05, 0) is 23.3 Å². The molecule has 0 unspecified atom stereocenters. The van der Waals surface area contributed by atoms with Crippen molar-refractivity contribution in [2.45, 2.75) is 5.25 Å². The Morgan fingerprint density at radius 3 is 2.21 bits per heavy atom. The smallest absolute Gasteiger partial charge is 0.227 e. The maximum absolute atomic E-state index is 13.0. The molecule has 0 saturated carbocycles. The third-order valence-corrected chi connectivity index (χ3v) is 4.00. The number of rotatable bonds is 5. The van der Waals surface area contributed by atoms with E-state index >= 15 is 0 Å². The Labute approximate surface area is 115 Å². The van der Waals surface area contributed by atoms with Gasteiger partial charge in [0.05, 0.1) is 11.0 Å². The highest BCUT2D eigenvalue weighted by molar-refractivity contribution is 8.00. The average Bonchev–Trinajstić information content (AvgIpc) is 2.42. The van der Waals surface area contributed by atoms with E-state index in [9.17, 15) is 9.18 Å². The molecule has 19 heavy (non-hydrogen) atoms. The lowest BCUT2D eigenvalue weighted by Crippen LogP contribution is -2.14. The van der Waals surface area contributed by atoms with Gasteiger partial charge in [-0.1, -0.05) is 42.5 Å². The molecule has 0 aliphatic heterocycles. The summed E-state index contributed by atoms with van der Waals surface area (Å²) in [5, 5.41) is -0.0192. The van der Waals surface area contributed by atoms with Gasteiger partial charge >= 0.3 is 0 Å². The van der Waals surface area contributed by atoms with Crippen LogP contribution in [0, 0.1) is 5.82 Å². The fourth-order valence-electron chi connectivity index (χ4n) is 1.82. The highest BCUT2D eigenvalue weighted by Gasteiger charge is 2.15. The molecule has 0 spiro atoms. The Balaban J connectivity index is 2.28. The number of amides is 1. The molecular formula is C15H14FNOS. The van der Waals surface area contributed by atoms with Crippen molar-refractivity contribution < 1.29 is 9.18 Å². The first-order chi connectivity index (χ1) is 9.16. The number of benzene rings is 2. The Morgan fingerprint density at radius 2 is 1.63 bits per heavy atom. The molecular weight excluding hydrogens is 261 g/mol. The number of hydrogen-bond donors (Lipinski definition) is 1. The van der Waals surface area contributed by atoms with Crippen LogP contribution >= 0.6 is 11.8 Å². The van der Waals surface area contributed by atoms with Crippen LogP contribution in [0.3, 0.4) is 0 Å². The van der Waals surface area contributed by atoms with E-state index in [1.54, 1.807) is 12.1 Å². The van der Waals surface area contributed by atoms with Crippen LogP contribution in [0.15, 0.2) is 54.6 Å². The molecule has 2 aromatic rings. The van der Waals surface area contributed by atoms with E-state index in [0.29, 0.717) is 0 Å². The zero-order chi connectivity index (χ0) is 13.7. The van der Waals surface area contributed by atoms with E-state index in [-0.39, 0.29) is 22.7 Å². The summed E-state index contributed by atoms with van der Waals surface area (Å²) >= 11 is 1.44. The minimum Gasteiger partial charge on any atom is -0.369 e. The van der Waals surface area contributed by atoms with Crippen molar-refractivity contribution in [1.82, 2.24) is 0 Å². The Hall–Kier alpha value is -1.81. The van der Waals surface area contributed by atoms with Gasteiger partial charge in [0, 0.05) is 0 Å². The minimum atomic E-state index is -0.354. The van der Waals surface area contributed by atoms with Gasteiger partial charge in [0.2, 0.25) is 5.91 Å². The van der Waals surface area contributed by atoms with Crippen LogP contribution in [-0.2, 0) is 4.79 Å². The molecule has 1 atom stereocenters. The number of thioether (sulfide) groups is 1. The molecule has 2 nitrogen and oxygen atoms in total. The maximum atomic E-state index is 13.0. The summed E-state index contributed by atoms with van der Waals surface area (Å²) < 4.78 is 13.0. The quantitative estimate of drug-likeness (QED) is 0.911. The molecule has 0 heterocycles. The zero-order valence-corrected chi connectivity index (χ0v) is 11.1. The van der Waals surface area contributed by atoms with Crippen LogP contribution < -0.4 is 5.73 Å². The van der Waals surface area contributed by atoms with E-state index in [1.807, 2.05) is 30.3 Å². The molecule has 2 aromatic carbocycles. The number of carbonyl (C=O) groups is 1. The van der Waals surface area contributed by atoms with Crippen LogP contribution in [0.4, 0.5) is 4.39 Å². The van der Waals surface area contributed by atoms with Gasteiger partial charge in [-0.3, -0.25) is 4.79 Å². The van der Waals surface area contributed by atoms with Crippen molar-refractivity contribution in [3.8, 4) is 0 Å². The lowest BCUT2D eigenvalue weighted by molar-refractivity contribution is -0.115. The third-order valence-electron chi connectivity index (χ3n) is 2.67. The summed E-state index contributed by atoms with van der Waals surface area (Å²) in [6, 6.07) is 16.1. The largest absolute Gasteiger partial charge is 0.369 e. The predicted octanol–water partition coefficient (Wildman–Crippen LogP) is 3.13. The molecule has 0 bridgehead atoms. The normalized spacial score (nSPS) is 12.1. The SMILES string of the molecule is NC(=O)CS[C@@H](c1ccccc1)c1ccc(F)cc1. The molecule has 1 amide bonds. The third kappa shape index (κ3) is 3.83. The average molecular weight is 275 g/mol. The second kappa shape index (κ2) is 6.38. The molecule has 0 fully saturated rings. The maximum Gasteiger partial charge on any atom is 0.227 e. The lowest BCUT2D eigenvalue weighted by Gasteiger charge is -2.17. The van der Waals surface area contributed by atoms with Crippen molar-refractivity contribution in [2.24, 2.45) is 5.73 Å². The van der Waals surface area contributed by atoms with Crippen LogP contribution in [-0.4, -0.2) is 11.7 Å². The minimum absolute atomic E-state index is 0.0192. The van der Waals surface area contributed by atoms with Crippen LogP contribution in [0.1, 0.15) is 16.4 Å². The Morgan fingerprint density at radius 1 is 1.05 bits per heavy atom. The van der Waals surface area contributed by atoms with Crippen molar-refractivity contribution in [3.05, 3.63) is 71.5 Å². The van der Waals surface area contributed by atoms with Gasteiger partial charge in [0.15, 0.2) is 0 Å². The van der Waals surface area contributed by atoms with Crippen molar-refractivity contribution in [3.63, 3.8) is 0 Å². The summed E-state index contributed by atoms with van der Waals surface area (Å²) in [7, 11) is 0. The number of hydrogen-bond acceptors (Lipinski definition) is 2.